The first-order chi connectivity index (χ1) is 12.2. The van der Waals surface area contributed by atoms with Gasteiger partial charge in [0.25, 0.3) is 5.91 Å². The van der Waals surface area contributed by atoms with Crippen molar-refractivity contribution in [2.45, 2.75) is 31.2 Å². The van der Waals surface area contributed by atoms with Gasteiger partial charge in [0, 0.05) is 13.1 Å². The number of carbonyl (C=O) groups excluding carboxylic acids is 3. The molecule has 0 bridgehead atoms. The molecule has 0 unspecified atom stereocenters. The van der Waals surface area contributed by atoms with Gasteiger partial charge in [0.2, 0.25) is 5.91 Å². The van der Waals surface area contributed by atoms with Gasteiger partial charge in [-0.2, -0.15) is 0 Å². The third-order valence-electron chi connectivity index (χ3n) is 4.50. The van der Waals surface area contributed by atoms with Crippen LogP contribution in [0.3, 0.4) is 0 Å². The van der Waals surface area contributed by atoms with Crippen molar-refractivity contribution >= 4 is 17.8 Å². The van der Waals surface area contributed by atoms with Gasteiger partial charge in [-0.3, -0.25) is 14.9 Å². The molecule has 4 amide bonds. The first kappa shape index (κ1) is 18.0. The van der Waals surface area contributed by atoms with Crippen molar-refractivity contribution in [3.05, 3.63) is 29.8 Å². The van der Waals surface area contributed by atoms with E-state index in [-0.39, 0.29) is 24.0 Å². The zero-order valence-corrected chi connectivity index (χ0v) is 13.6. The minimum atomic E-state index is -4.76. The van der Waals surface area contributed by atoms with Crippen LogP contribution in [0.5, 0.6) is 5.75 Å². The average molecular weight is 371 g/mol. The third kappa shape index (κ3) is 3.89. The van der Waals surface area contributed by atoms with Crippen molar-refractivity contribution in [3.63, 3.8) is 0 Å². The van der Waals surface area contributed by atoms with Gasteiger partial charge in [-0.25, -0.2) is 4.79 Å². The highest BCUT2D eigenvalue weighted by Gasteiger charge is 2.48. The molecule has 0 atom stereocenters. The number of hydrogen-bond donors (Lipinski definition) is 2. The number of ether oxygens (including phenoxy) is 1. The molecule has 1 aromatic rings. The standard InChI is InChI=1S/C16H16F3N3O4/c17-16(18,19)26-11-3-1-10(2-4-11)9-12(23)22-7-5-15(6-8-22)13(24)20-14(25)21-15/h1-4H,5-9H2,(H2,20,21,24,25). The highest BCUT2D eigenvalue weighted by molar-refractivity contribution is 6.07. The Hall–Kier alpha value is -2.78. The molecule has 7 nitrogen and oxygen atoms in total. The number of hydrogen-bond acceptors (Lipinski definition) is 4. The molecule has 26 heavy (non-hydrogen) atoms. The predicted octanol–water partition coefficient (Wildman–Crippen LogP) is 1.33. The van der Waals surface area contributed by atoms with E-state index in [0.29, 0.717) is 31.5 Å². The van der Waals surface area contributed by atoms with Gasteiger partial charge in [0.15, 0.2) is 0 Å². The van der Waals surface area contributed by atoms with Crippen molar-refractivity contribution in [1.82, 2.24) is 15.5 Å². The zero-order valence-electron chi connectivity index (χ0n) is 13.6. The van der Waals surface area contributed by atoms with Crippen LogP contribution in [0.15, 0.2) is 24.3 Å². The summed E-state index contributed by atoms with van der Waals surface area (Å²) in [6, 6.07) is 4.57. The molecule has 3 rings (SSSR count). The second-order valence-electron chi connectivity index (χ2n) is 6.24. The first-order valence-corrected chi connectivity index (χ1v) is 7.93. The summed E-state index contributed by atoms with van der Waals surface area (Å²) in [6.45, 7) is 0.615. The van der Waals surface area contributed by atoms with Gasteiger partial charge >= 0.3 is 12.4 Å². The molecule has 2 fully saturated rings. The van der Waals surface area contributed by atoms with Crippen LogP contribution >= 0.6 is 0 Å². The number of alkyl halides is 3. The normalized spacial score (nSPS) is 19.3. The molecule has 0 aliphatic carbocycles. The molecular formula is C16H16F3N3O4. The molecule has 2 aliphatic rings. The van der Waals surface area contributed by atoms with Crippen molar-refractivity contribution in [3.8, 4) is 5.75 Å². The van der Waals surface area contributed by atoms with Gasteiger partial charge in [-0.15, -0.1) is 13.2 Å². The van der Waals surface area contributed by atoms with Gasteiger partial charge in [0.1, 0.15) is 11.3 Å². The van der Waals surface area contributed by atoms with E-state index in [1.807, 2.05) is 0 Å². The van der Waals surface area contributed by atoms with Crippen LogP contribution in [-0.4, -0.2) is 47.7 Å². The van der Waals surface area contributed by atoms with Crippen LogP contribution in [0.2, 0.25) is 0 Å². The summed E-state index contributed by atoms with van der Waals surface area (Å²) >= 11 is 0. The molecule has 0 saturated carbocycles. The Bertz CT molecular complexity index is 725. The van der Waals surface area contributed by atoms with Crippen molar-refractivity contribution < 1.29 is 32.3 Å². The zero-order chi connectivity index (χ0) is 18.9. The first-order valence-electron chi connectivity index (χ1n) is 7.93. The lowest BCUT2D eigenvalue weighted by Crippen LogP contribution is -2.55. The number of carbonyl (C=O) groups is 3. The van der Waals surface area contributed by atoms with Crippen LogP contribution in [0.1, 0.15) is 18.4 Å². The molecule has 1 aromatic carbocycles. The Morgan fingerprint density at radius 3 is 2.27 bits per heavy atom. The van der Waals surface area contributed by atoms with E-state index < -0.39 is 17.9 Å². The molecule has 2 aliphatic heterocycles. The van der Waals surface area contributed by atoms with E-state index in [2.05, 4.69) is 15.4 Å². The number of amides is 4. The summed E-state index contributed by atoms with van der Waals surface area (Å²) in [7, 11) is 0. The number of imide groups is 1. The van der Waals surface area contributed by atoms with E-state index in [4.69, 9.17) is 0 Å². The maximum atomic E-state index is 12.4. The lowest BCUT2D eigenvalue weighted by molar-refractivity contribution is -0.274. The topological polar surface area (TPSA) is 87.7 Å². The number of urea groups is 1. The molecular weight excluding hydrogens is 355 g/mol. The summed E-state index contributed by atoms with van der Waals surface area (Å²) in [5, 5.41) is 4.81. The van der Waals surface area contributed by atoms with Crippen LogP contribution in [0.25, 0.3) is 0 Å². The molecule has 140 valence electrons. The van der Waals surface area contributed by atoms with Gasteiger partial charge in [0.05, 0.1) is 6.42 Å². The lowest BCUT2D eigenvalue weighted by Gasteiger charge is -2.37. The number of piperidine rings is 1. The molecule has 0 radical (unpaired) electrons. The van der Waals surface area contributed by atoms with Crippen LogP contribution < -0.4 is 15.4 Å². The fraction of sp³-hybridized carbons (Fsp3) is 0.438. The monoisotopic (exact) mass is 371 g/mol. The second kappa shape index (κ2) is 6.50. The number of benzene rings is 1. The minimum absolute atomic E-state index is 0.0256. The highest BCUT2D eigenvalue weighted by atomic mass is 19.4. The molecule has 1 spiro atoms. The third-order valence-corrected chi connectivity index (χ3v) is 4.50. The summed E-state index contributed by atoms with van der Waals surface area (Å²) in [5.41, 5.74) is -0.401. The number of nitrogens with one attached hydrogen (secondary N) is 2. The molecule has 0 aromatic heterocycles. The van der Waals surface area contributed by atoms with E-state index in [1.165, 1.54) is 12.1 Å². The number of nitrogens with zero attached hydrogens (tertiary/aromatic N) is 1. The fourth-order valence-corrected chi connectivity index (χ4v) is 3.11. The molecule has 2 heterocycles. The van der Waals surface area contributed by atoms with Gasteiger partial charge < -0.3 is 15.0 Å². The molecule has 10 heteroatoms. The van der Waals surface area contributed by atoms with Crippen LogP contribution in [0.4, 0.5) is 18.0 Å². The van der Waals surface area contributed by atoms with Crippen LogP contribution in [0, 0.1) is 0 Å². The summed E-state index contributed by atoms with van der Waals surface area (Å²) in [5.74, 6) is -0.930. The summed E-state index contributed by atoms with van der Waals surface area (Å²) < 4.78 is 40.2. The SMILES string of the molecule is O=C1NC(=O)C2(CCN(C(=O)Cc3ccc(OC(F)(F)F)cc3)CC2)N1. The van der Waals surface area contributed by atoms with E-state index in [9.17, 15) is 27.6 Å². The Morgan fingerprint density at radius 1 is 1.15 bits per heavy atom. The lowest BCUT2D eigenvalue weighted by atomic mass is 9.87. The Labute approximate surface area is 146 Å². The fourth-order valence-electron chi connectivity index (χ4n) is 3.11. The van der Waals surface area contributed by atoms with Crippen molar-refractivity contribution in [2.24, 2.45) is 0 Å². The maximum Gasteiger partial charge on any atom is 0.573 e. The minimum Gasteiger partial charge on any atom is -0.406 e. The predicted molar refractivity (Wildman–Crippen MR) is 82.0 cm³/mol. The number of halogens is 3. The summed E-state index contributed by atoms with van der Waals surface area (Å²) in [6.07, 6.45) is -4.11. The quantitative estimate of drug-likeness (QED) is 0.785. The average Bonchev–Trinajstić information content (AvgIpc) is 2.82. The highest BCUT2D eigenvalue weighted by Crippen LogP contribution is 2.26. The van der Waals surface area contributed by atoms with Gasteiger partial charge in [-0.1, -0.05) is 12.1 Å². The van der Waals surface area contributed by atoms with Crippen molar-refractivity contribution in [2.75, 3.05) is 13.1 Å². The van der Waals surface area contributed by atoms with E-state index in [0.717, 1.165) is 12.1 Å². The van der Waals surface area contributed by atoms with E-state index in [1.54, 1.807) is 4.90 Å². The molecule has 2 N–H and O–H groups in total. The Balaban J connectivity index is 1.55. The van der Waals surface area contributed by atoms with Crippen LogP contribution in [-0.2, 0) is 16.0 Å². The largest absolute Gasteiger partial charge is 0.573 e. The van der Waals surface area contributed by atoms with E-state index >= 15 is 0 Å². The van der Waals surface area contributed by atoms with Crippen molar-refractivity contribution in [1.29, 1.82) is 0 Å². The maximum absolute atomic E-state index is 12.4. The number of rotatable bonds is 3. The Morgan fingerprint density at radius 2 is 1.77 bits per heavy atom. The smallest absolute Gasteiger partial charge is 0.406 e. The summed E-state index contributed by atoms with van der Waals surface area (Å²) in [4.78, 5) is 37.1. The molecule has 2 saturated heterocycles. The second-order valence-corrected chi connectivity index (χ2v) is 6.24. The Kier molecular flexibility index (Phi) is 4.51. The van der Waals surface area contributed by atoms with Gasteiger partial charge in [-0.05, 0) is 30.5 Å². The number of likely N-dealkylation sites (tertiary alicyclic amines) is 1.